The molecule has 0 aromatic rings. The van der Waals surface area contributed by atoms with Crippen LogP contribution in [0.4, 0.5) is 0 Å². The number of ether oxygens (including phenoxy) is 2. The van der Waals surface area contributed by atoms with E-state index < -0.39 is 0 Å². The lowest BCUT2D eigenvalue weighted by atomic mass is 9.84. The third-order valence-corrected chi connectivity index (χ3v) is 13.8. The summed E-state index contributed by atoms with van der Waals surface area (Å²) in [6, 6.07) is 3.28. The number of likely N-dealkylation sites (N-methyl/N-ethyl adjacent to an activating group) is 2. The van der Waals surface area contributed by atoms with Crippen molar-refractivity contribution in [1.29, 1.82) is 0 Å². The van der Waals surface area contributed by atoms with Crippen LogP contribution in [0.5, 0.6) is 0 Å². The van der Waals surface area contributed by atoms with Gasteiger partial charge in [0.2, 0.25) is 0 Å². The number of hydrogen-bond donors (Lipinski definition) is 0. The van der Waals surface area contributed by atoms with Gasteiger partial charge in [0.25, 0.3) is 0 Å². The van der Waals surface area contributed by atoms with Crippen LogP contribution in [0.1, 0.15) is 181 Å². The van der Waals surface area contributed by atoms with Crippen LogP contribution in [-0.4, -0.2) is 78.3 Å². The summed E-state index contributed by atoms with van der Waals surface area (Å²) in [6.07, 6.45) is 36.3. The van der Waals surface area contributed by atoms with Crippen molar-refractivity contribution in [3.05, 3.63) is 0 Å². The Morgan fingerprint density at radius 2 is 0.744 bits per heavy atom. The Balaban J connectivity index is 1.47. The molecule has 5 aliphatic rings. The molecule has 4 aliphatic carbocycles. The molecular formula is C39H74N2O2+2. The van der Waals surface area contributed by atoms with Gasteiger partial charge in [-0.25, -0.2) is 0 Å². The largest absolute Gasteiger partial charge is 0.338 e. The van der Waals surface area contributed by atoms with Gasteiger partial charge in [0.1, 0.15) is 25.3 Å². The second-order valence-electron chi connectivity index (χ2n) is 16.7. The molecule has 0 radical (unpaired) electrons. The minimum absolute atomic E-state index is 0.243. The fraction of sp³-hybridized carbons (Fsp3) is 1.00. The maximum absolute atomic E-state index is 7.52. The summed E-state index contributed by atoms with van der Waals surface area (Å²) >= 11 is 0. The fourth-order valence-corrected chi connectivity index (χ4v) is 10.9. The van der Waals surface area contributed by atoms with E-state index in [2.05, 4.69) is 27.9 Å². The number of rotatable bonds is 14. The van der Waals surface area contributed by atoms with Crippen molar-refractivity contribution in [2.24, 2.45) is 0 Å². The van der Waals surface area contributed by atoms with E-state index in [0.29, 0.717) is 0 Å². The molecule has 43 heavy (non-hydrogen) atoms. The number of hydrogen-bond acceptors (Lipinski definition) is 2. The maximum Gasteiger partial charge on any atom is 0.169 e. The zero-order chi connectivity index (χ0) is 30.2. The lowest BCUT2D eigenvalue weighted by molar-refractivity contribution is -0.967. The van der Waals surface area contributed by atoms with Gasteiger partial charge < -0.3 is 18.4 Å². The third-order valence-electron chi connectivity index (χ3n) is 13.8. The Kier molecular flexibility index (Phi) is 12.8. The Hall–Kier alpha value is -0.160. The highest BCUT2D eigenvalue weighted by atomic mass is 16.8. The monoisotopic (exact) mass is 603 g/mol. The first kappa shape index (κ1) is 34.2. The quantitative estimate of drug-likeness (QED) is 0.184. The van der Waals surface area contributed by atoms with Crippen molar-refractivity contribution in [2.75, 3.05) is 27.2 Å². The minimum Gasteiger partial charge on any atom is -0.338 e. The molecule has 5 rings (SSSR count). The molecular weight excluding hydrogens is 528 g/mol. The standard InChI is InChI=1S/C39H74N2O2/c1-5-7-29-39(30-8-6-2)42-37(31-40(3,33-21-13-9-14-22-33)34-23-15-10-16-24-34)38(43-39)32-41(4,35-25-17-11-18-26-35)36-27-19-12-20-28-36/h33-38H,5-32H2,1-4H3/q+2/t37-,38-/m0/s1. The van der Waals surface area contributed by atoms with Gasteiger partial charge in [0, 0.05) is 12.8 Å². The number of nitrogens with zero attached hydrogens (tertiary/aromatic N) is 2. The molecule has 2 atom stereocenters. The predicted octanol–water partition coefficient (Wildman–Crippen LogP) is 10.1. The second kappa shape index (κ2) is 16.1. The van der Waals surface area contributed by atoms with Crippen LogP contribution in [0.3, 0.4) is 0 Å². The maximum atomic E-state index is 7.52. The average molecular weight is 603 g/mol. The van der Waals surface area contributed by atoms with E-state index in [4.69, 9.17) is 9.47 Å². The first-order valence-corrected chi connectivity index (χ1v) is 20.0. The molecule has 4 heteroatoms. The lowest BCUT2D eigenvalue weighted by Crippen LogP contribution is -2.66. The van der Waals surface area contributed by atoms with Gasteiger partial charge in [-0.05, 0) is 116 Å². The molecule has 1 saturated heterocycles. The molecule has 0 bridgehead atoms. The smallest absolute Gasteiger partial charge is 0.169 e. The van der Waals surface area contributed by atoms with E-state index in [1.165, 1.54) is 176 Å². The van der Waals surface area contributed by atoms with Crippen molar-refractivity contribution in [2.45, 2.75) is 223 Å². The van der Waals surface area contributed by atoms with Crippen LogP contribution in [0, 0.1) is 0 Å². The SMILES string of the molecule is CCCCC1(CCCC)O[C@@H](C[N+](C)(C2CCCCC2)C2CCCCC2)[C@H](C[N+](C)(C2CCCCC2)C2CCCCC2)O1. The summed E-state index contributed by atoms with van der Waals surface area (Å²) in [5.41, 5.74) is 0. The summed E-state index contributed by atoms with van der Waals surface area (Å²) in [5, 5.41) is 0. The summed E-state index contributed by atoms with van der Waals surface area (Å²) < 4.78 is 17.6. The number of unbranched alkanes of at least 4 members (excludes halogenated alkanes) is 2. The first-order chi connectivity index (χ1) is 20.9. The van der Waals surface area contributed by atoms with Gasteiger partial charge in [0.15, 0.2) is 5.79 Å². The van der Waals surface area contributed by atoms with Crippen molar-refractivity contribution in [3.8, 4) is 0 Å². The predicted molar refractivity (Wildman–Crippen MR) is 181 cm³/mol. The summed E-state index contributed by atoms with van der Waals surface area (Å²) in [5.74, 6) is -0.352. The van der Waals surface area contributed by atoms with Gasteiger partial charge in [0.05, 0.1) is 38.3 Å². The van der Waals surface area contributed by atoms with E-state index in [1.54, 1.807) is 0 Å². The van der Waals surface area contributed by atoms with Crippen LogP contribution >= 0.6 is 0 Å². The van der Waals surface area contributed by atoms with Crippen molar-refractivity contribution in [1.82, 2.24) is 0 Å². The molecule has 250 valence electrons. The molecule has 0 aromatic heterocycles. The molecule has 1 aliphatic heterocycles. The minimum atomic E-state index is -0.352. The highest BCUT2D eigenvalue weighted by Gasteiger charge is 2.55. The van der Waals surface area contributed by atoms with E-state index in [1.807, 2.05) is 0 Å². The summed E-state index contributed by atoms with van der Waals surface area (Å²) in [4.78, 5) is 0. The van der Waals surface area contributed by atoms with Gasteiger partial charge in [-0.3, -0.25) is 0 Å². The van der Waals surface area contributed by atoms with Crippen LogP contribution in [0.2, 0.25) is 0 Å². The number of quaternary nitrogens is 2. The van der Waals surface area contributed by atoms with Gasteiger partial charge >= 0.3 is 0 Å². The molecule has 4 saturated carbocycles. The molecule has 0 aromatic carbocycles. The van der Waals surface area contributed by atoms with Crippen LogP contribution < -0.4 is 0 Å². The zero-order valence-electron chi connectivity index (χ0n) is 29.5. The summed E-state index contributed by atoms with van der Waals surface area (Å²) in [7, 11) is 5.39. The van der Waals surface area contributed by atoms with E-state index in [-0.39, 0.29) is 18.0 Å². The van der Waals surface area contributed by atoms with E-state index in [0.717, 1.165) is 37.0 Å². The Morgan fingerprint density at radius 1 is 0.465 bits per heavy atom. The van der Waals surface area contributed by atoms with Gasteiger partial charge in [-0.2, -0.15) is 0 Å². The Labute approximate surface area is 268 Å². The lowest BCUT2D eigenvalue weighted by Gasteiger charge is -2.52. The van der Waals surface area contributed by atoms with E-state index >= 15 is 0 Å². The highest BCUT2D eigenvalue weighted by molar-refractivity contribution is 4.89. The van der Waals surface area contributed by atoms with Crippen LogP contribution in [-0.2, 0) is 9.47 Å². The third kappa shape index (κ3) is 8.23. The van der Waals surface area contributed by atoms with Crippen LogP contribution in [0.25, 0.3) is 0 Å². The van der Waals surface area contributed by atoms with E-state index in [9.17, 15) is 0 Å². The second-order valence-corrected chi connectivity index (χ2v) is 16.7. The van der Waals surface area contributed by atoms with Crippen molar-refractivity contribution >= 4 is 0 Å². The van der Waals surface area contributed by atoms with Gasteiger partial charge in [-0.1, -0.05) is 52.4 Å². The summed E-state index contributed by atoms with van der Waals surface area (Å²) in [6.45, 7) is 7.07. The molecule has 5 fully saturated rings. The topological polar surface area (TPSA) is 18.5 Å². The Morgan fingerprint density at radius 3 is 1.00 bits per heavy atom. The average Bonchev–Trinajstić information content (AvgIpc) is 3.40. The molecule has 0 unspecified atom stereocenters. The molecule has 4 nitrogen and oxygen atoms in total. The van der Waals surface area contributed by atoms with Crippen LogP contribution in [0.15, 0.2) is 0 Å². The van der Waals surface area contributed by atoms with Crippen molar-refractivity contribution < 1.29 is 18.4 Å². The molecule has 1 heterocycles. The van der Waals surface area contributed by atoms with Crippen molar-refractivity contribution in [3.63, 3.8) is 0 Å². The zero-order valence-corrected chi connectivity index (χ0v) is 29.5. The fourth-order valence-electron chi connectivity index (χ4n) is 10.9. The highest BCUT2D eigenvalue weighted by Crippen LogP contribution is 2.44. The molecule has 0 N–H and O–H groups in total. The Bertz CT molecular complexity index is 689. The molecule has 0 spiro atoms. The first-order valence-electron chi connectivity index (χ1n) is 20.0. The molecule has 0 amide bonds. The normalized spacial score (nSPS) is 29.3. The van der Waals surface area contributed by atoms with Gasteiger partial charge in [-0.15, -0.1) is 0 Å².